The maximum atomic E-state index is 11.8. The van der Waals surface area contributed by atoms with E-state index in [1.165, 1.54) is 6.92 Å². The standard InChI is InChI=1S/C24H27N7O5/c1-4-30(8-9-36-11-10-35-5-2)20-6-7-22(23(14-20)27-17(3)32)28-29-24-18(15-25)12-21(31(33)34)13-19(24)16-26/h6-7,12-14H,4-5,8-11H2,1-3H3,(H,27,32). The Morgan fingerprint density at radius 2 is 1.75 bits per heavy atom. The maximum absolute atomic E-state index is 11.8. The molecule has 0 radical (unpaired) electrons. The summed E-state index contributed by atoms with van der Waals surface area (Å²) in [5.41, 5.74) is 0.656. The van der Waals surface area contributed by atoms with Crippen molar-refractivity contribution in [3.8, 4) is 12.1 Å². The monoisotopic (exact) mass is 493 g/mol. The first kappa shape index (κ1) is 27.9. The van der Waals surface area contributed by atoms with Gasteiger partial charge in [0.15, 0.2) is 0 Å². The van der Waals surface area contributed by atoms with E-state index in [1.807, 2.05) is 26.0 Å². The predicted molar refractivity (Wildman–Crippen MR) is 133 cm³/mol. The molecule has 0 aliphatic rings. The number of amides is 1. The average molecular weight is 494 g/mol. The number of rotatable bonds is 13. The summed E-state index contributed by atoms with van der Waals surface area (Å²) in [7, 11) is 0. The van der Waals surface area contributed by atoms with Gasteiger partial charge in [0.25, 0.3) is 5.69 Å². The summed E-state index contributed by atoms with van der Waals surface area (Å²) in [4.78, 5) is 24.3. The number of carbonyl (C=O) groups excluding carboxylic acids is 1. The Bertz CT molecular complexity index is 1170. The molecule has 2 aromatic carbocycles. The Hall–Kier alpha value is -4.39. The highest BCUT2D eigenvalue weighted by molar-refractivity contribution is 5.93. The fourth-order valence-corrected chi connectivity index (χ4v) is 3.21. The van der Waals surface area contributed by atoms with Crippen LogP contribution < -0.4 is 10.2 Å². The van der Waals surface area contributed by atoms with Crippen molar-refractivity contribution in [2.24, 2.45) is 10.2 Å². The van der Waals surface area contributed by atoms with E-state index in [0.717, 1.165) is 17.8 Å². The minimum Gasteiger partial charge on any atom is -0.379 e. The van der Waals surface area contributed by atoms with Crippen molar-refractivity contribution in [2.45, 2.75) is 20.8 Å². The van der Waals surface area contributed by atoms with Gasteiger partial charge in [-0.05, 0) is 32.0 Å². The second-order valence-electron chi connectivity index (χ2n) is 7.34. The van der Waals surface area contributed by atoms with E-state index < -0.39 is 10.6 Å². The Morgan fingerprint density at radius 3 is 2.31 bits per heavy atom. The molecule has 0 saturated heterocycles. The van der Waals surface area contributed by atoms with Crippen LogP contribution >= 0.6 is 0 Å². The number of benzene rings is 2. The third-order valence-electron chi connectivity index (χ3n) is 4.92. The summed E-state index contributed by atoms with van der Waals surface area (Å²) >= 11 is 0. The molecule has 0 bridgehead atoms. The Kier molecular flexibility index (Phi) is 10.9. The van der Waals surface area contributed by atoms with E-state index in [4.69, 9.17) is 9.47 Å². The molecule has 0 fully saturated rings. The van der Waals surface area contributed by atoms with E-state index in [0.29, 0.717) is 45.2 Å². The van der Waals surface area contributed by atoms with Crippen LogP contribution in [0.4, 0.5) is 28.4 Å². The molecule has 2 aromatic rings. The number of anilines is 2. The van der Waals surface area contributed by atoms with Crippen LogP contribution in [0, 0.1) is 32.8 Å². The van der Waals surface area contributed by atoms with Gasteiger partial charge in [-0.25, -0.2) is 0 Å². The van der Waals surface area contributed by atoms with Crippen molar-refractivity contribution in [2.75, 3.05) is 49.7 Å². The second kappa shape index (κ2) is 14.1. The first-order chi connectivity index (χ1) is 17.3. The van der Waals surface area contributed by atoms with Gasteiger partial charge < -0.3 is 19.7 Å². The van der Waals surface area contributed by atoms with Crippen molar-refractivity contribution in [3.05, 3.63) is 51.6 Å². The quantitative estimate of drug-likeness (QED) is 0.183. The van der Waals surface area contributed by atoms with Gasteiger partial charge in [-0.15, -0.1) is 10.2 Å². The van der Waals surface area contributed by atoms with Gasteiger partial charge in [0, 0.05) is 44.4 Å². The second-order valence-corrected chi connectivity index (χ2v) is 7.34. The van der Waals surface area contributed by atoms with Crippen molar-refractivity contribution < 1.29 is 19.2 Å². The number of carbonyl (C=O) groups is 1. The molecule has 0 aliphatic carbocycles. The number of nitrogens with one attached hydrogen (secondary N) is 1. The Balaban J connectivity index is 2.34. The number of azo groups is 1. The number of nitriles is 2. The number of hydrogen-bond donors (Lipinski definition) is 1. The fourth-order valence-electron chi connectivity index (χ4n) is 3.21. The summed E-state index contributed by atoms with van der Waals surface area (Å²) in [6.45, 7) is 8.74. The fraction of sp³-hybridized carbons (Fsp3) is 0.375. The molecule has 0 spiro atoms. The van der Waals surface area contributed by atoms with Gasteiger partial charge >= 0.3 is 0 Å². The number of ether oxygens (including phenoxy) is 2. The van der Waals surface area contributed by atoms with Crippen molar-refractivity contribution in [3.63, 3.8) is 0 Å². The van der Waals surface area contributed by atoms with Crippen LogP contribution in [0.15, 0.2) is 40.6 Å². The molecule has 0 aliphatic heterocycles. The zero-order valence-corrected chi connectivity index (χ0v) is 20.4. The summed E-state index contributed by atoms with van der Waals surface area (Å²) in [5.74, 6) is -0.323. The van der Waals surface area contributed by atoms with Crippen LogP contribution in [0.25, 0.3) is 0 Å². The topological polar surface area (TPSA) is 166 Å². The molecule has 1 N–H and O–H groups in total. The van der Waals surface area contributed by atoms with Gasteiger partial charge in [0.05, 0.1) is 41.6 Å². The minimum absolute atomic E-state index is 0.0946. The number of nitrogens with zero attached hydrogens (tertiary/aromatic N) is 6. The van der Waals surface area contributed by atoms with Crippen molar-refractivity contribution in [1.29, 1.82) is 10.5 Å². The summed E-state index contributed by atoms with van der Waals surface area (Å²) in [6.07, 6.45) is 0. The molecule has 2 rings (SSSR count). The molecule has 12 nitrogen and oxygen atoms in total. The first-order valence-corrected chi connectivity index (χ1v) is 11.2. The van der Waals surface area contributed by atoms with Crippen molar-refractivity contribution in [1.82, 2.24) is 0 Å². The Labute approximate surface area is 208 Å². The van der Waals surface area contributed by atoms with Gasteiger partial charge in [-0.2, -0.15) is 10.5 Å². The molecule has 0 aromatic heterocycles. The lowest BCUT2D eigenvalue weighted by molar-refractivity contribution is -0.384. The smallest absolute Gasteiger partial charge is 0.272 e. The lowest BCUT2D eigenvalue weighted by Gasteiger charge is -2.24. The van der Waals surface area contributed by atoms with Gasteiger partial charge in [0.2, 0.25) is 5.91 Å². The molecule has 0 saturated carbocycles. The van der Waals surface area contributed by atoms with E-state index in [-0.39, 0.29) is 28.4 Å². The van der Waals surface area contributed by atoms with Gasteiger partial charge in [-0.3, -0.25) is 14.9 Å². The highest BCUT2D eigenvalue weighted by atomic mass is 16.6. The first-order valence-electron chi connectivity index (χ1n) is 11.2. The predicted octanol–water partition coefficient (Wildman–Crippen LogP) is 4.59. The largest absolute Gasteiger partial charge is 0.379 e. The third kappa shape index (κ3) is 7.84. The van der Waals surface area contributed by atoms with Crippen LogP contribution in [0.2, 0.25) is 0 Å². The SMILES string of the molecule is CCOCCOCCN(CC)c1ccc(N=Nc2c(C#N)cc([N+](=O)[O-])cc2C#N)c(NC(C)=O)c1. The average Bonchev–Trinajstić information content (AvgIpc) is 2.86. The molecular weight excluding hydrogens is 466 g/mol. The molecule has 0 atom stereocenters. The van der Waals surface area contributed by atoms with Crippen LogP contribution in [-0.2, 0) is 14.3 Å². The van der Waals surface area contributed by atoms with Crippen LogP contribution in [-0.4, -0.2) is 50.3 Å². The zero-order valence-electron chi connectivity index (χ0n) is 20.4. The minimum atomic E-state index is -0.695. The van der Waals surface area contributed by atoms with Crippen molar-refractivity contribution >= 4 is 34.3 Å². The van der Waals surface area contributed by atoms with E-state index in [1.54, 1.807) is 18.2 Å². The van der Waals surface area contributed by atoms with Crippen LogP contribution in [0.5, 0.6) is 0 Å². The maximum Gasteiger partial charge on any atom is 0.272 e. The number of non-ortho nitro benzene ring substituents is 1. The van der Waals surface area contributed by atoms with E-state index >= 15 is 0 Å². The molecular formula is C24H27N7O5. The summed E-state index contributed by atoms with van der Waals surface area (Å²) < 4.78 is 10.9. The molecule has 12 heteroatoms. The normalized spacial score (nSPS) is 10.6. The lowest BCUT2D eigenvalue weighted by atomic mass is 10.1. The van der Waals surface area contributed by atoms with E-state index in [9.17, 15) is 25.4 Å². The molecule has 0 unspecified atom stereocenters. The molecule has 1 amide bonds. The van der Waals surface area contributed by atoms with Crippen LogP contribution in [0.3, 0.4) is 0 Å². The molecule has 0 heterocycles. The molecule has 36 heavy (non-hydrogen) atoms. The summed E-state index contributed by atoms with van der Waals surface area (Å²) in [5, 5.41) is 40.8. The zero-order chi connectivity index (χ0) is 26.5. The Morgan fingerprint density at radius 1 is 1.08 bits per heavy atom. The van der Waals surface area contributed by atoms with Gasteiger partial charge in [-0.1, -0.05) is 0 Å². The van der Waals surface area contributed by atoms with E-state index in [2.05, 4.69) is 20.4 Å². The number of likely N-dealkylation sites (N-methyl/N-ethyl adjacent to an activating group) is 1. The lowest BCUT2D eigenvalue weighted by Crippen LogP contribution is -2.27. The third-order valence-corrected chi connectivity index (χ3v) is 4.92. The molecule has 188 valence electrons. The summed E-state index contributed by atoms with van der Waals surface area (Å²) in [6, 6.07) is 10.9. The number of nitro benzene ring substituents is 1. The highest BCUT2D eigenvalue weighted by Gasteiger charge is 2.17. The van der Waals surface area contributed by atoms with Gasteiger partial charge in [0.1, 0.15) is 23.5 Å². The number of hydrogen-bond acceptors (Lipinski definition) is 10. The van der Waals surface area contributed by atoms with Crippen LogP contribution in [0.1, 0.15) is 31.9 Å². The highest BCUT2D eigenvalue weighted by Crippen LogP contribution is 2.34. The number of nitro groups is 1.